The maximum atomic E-state index is 11.7. The van der Waals surface area contributed by atoms with Gasteiger partial charge in [0.25, 0.3) is 11.8 Å². The van der Waals surface area contributed by atoms with Crippen LogP contribution in [-0.2, 0) is 16.1 Å². The fourth-order valence-corrected chi connectivity index (χ4v) is 1.64. The Morgan fingerprint density at radius 1 is 1.31 bits per heavy atom. The van der Waals surface area contributed by atoms with Crippen molar-refractivity contribution in [3.05, 3.63) is 41.2 Å². The van der Waals surface area contributed by atoms with Gasteiger partial charge in [0.05, 0.1) is 6.54 Å². The predicted octanol–water partition coefficient (Wildman–Crippen LogP) is 1.21. The summed E-state index contributed by atoms with van der Waals surface area (Å²) in [5, 5.41) is 0. The van der Waals surface area contributed by atoms with Gasteiger partial charge in [0.1, 0.15) is 0 Å². The molecule has 2 rings (SSSR count). The normalized spacial score (nSPS) is 15.6. The molecular weight excluding hydrogens is 204 g/mol. The lowest BCUT2D eigenvalue weighted by molar-refractivity contribution is -0.137. The van der Waals surface area contributed by atoms with E-state index in [1.807, 2.05) is 13.0 Å². The molecule has 0 saturated carbocycles. The van der Waals surface area contributed by atoms with Crippen molar-refractivity contribution < 1.29 is 9.59 Å². The standard InChI is InChI=1S/C12H12N2O2/c1-8-5-11(15)14(12(8)16)7-10-3-4-13-6-9(10)2/h3-6H,7H2,1-2H3. The average Bonchev–Trinajstić information content (AvgIpc) is 2.48. The molecule has 16 heavy (non-hydrogen) atoms. The van der Waals surface area contributed by atoms with Crippen molar-refractivity contribution in [1.29, 1.82) is 0 Å². The van der Waals surface area contributed by atoms with Crippen molar-refractivity contribution in [2.75, 3.05) is 0 Å². The van der Waals surface area contributed by atoms with Crippen LogP contribution in [0.2, 0.25) is 0 Å². The van der Waals surface area contributed by atoms with E-state index < -0.39 is 0 Å². The first-order chi connectivity index (χ1) is 7.59. The molecule has 2 heterocycles. The Morgan fingerprint density at radius 3 is 2.62 bits per heavy atom. The molecule has 0 unspecified atom stereocenters. The van der Waals surface area contributed by atoms with Crippen LogP contribution in [0.1, 0.15) is 18.1 Å². The third kappa shape index (κ3) is 1.74. The van der Waals surface area contributed by atoms with Gasteiger partial charge in [0.2, 0.25) is 0 Å². The van der Waals surface area contributed by atoms with Crippen LogP contribution in [0.25, 0.3) is 0 Å². The van der Waals surface area contributed by atoms with Crippen molar-refractivity contribution in [2.24, 2.45) is 0 Å². The molecule has 1 aliphatic heterocycles. The topological polar surface area (TPSA) is 50.3 Å². The third-order valence-electron chi connectivity index (χ3n) is 2.65. The highest BCUT2D eigenvalue weighted by molar-refractivity contribution is 6.15. The number of rotatable bonds is 2. The summed E-state index contributed by atoms with van der Waals surface area (Å²) >= 11 is 0. The monoisotopic (exact) mass is 216 g/mol. The van der Waals surface area contributed by atoms with E-state index in [-0.39, 0.29) is 11.8 Å². The van der Waals surface area contributed by atoms with Crippen LogP contribution < -0.4 is 0 Å². The summed E-state index contributed by atoms with van der Waals surface area (Å²) in [5.74, 6) is -0.445. The highest BCUT2D eigenvalue weighted by Crippen LogP contribution is 2.17. The highest BCUT2D eigenvalue weighted by Gasteiger charge is 2.28. The molecule has 0 radical (unpaired) electrons. The van der Waals surface area contributed by atoms with Crippen molar-refractivity contribution in [3.63, 3.8) is 0 Å². The van der Waals surface area contributed by atoms with Crippen LogP contribution in [0.15, 0.2) is 30.1 Å². The Hall–Kier alpha value is -1.97. The second-order valence-electron chi connectivity index (χ2n) is 3.86. The number of amides is 2. The summed E-state index contributed by atoms with van der Waals surface area (Å²) in [6.45, 7) is 3.88. The van der Waals surface area contributed by atoms with Gasteiger partial charge < -0.3 is 0 Å². The Balaban J connectivity index is 2.22. The smallest absolute Gasteiger partial charge is 0.256 e. The van der Waals surface area contributed by atoms with Crippen molar-refractivity contribution in [1.82, 2.24) is 9.88 Å². The zero-order chi connectivity index (χ0) is 11.7. The summed E-state index contributed by atoms with van der Waals surface area (Å²) in [7, 11) is 0. The number of hydrogen-bond acceptors (Lipinski definition) is 3. The molecule has 2 amide bonds. The number of nitrogens with zero attached hydrogens (tertiary/aromatic N) is 2. The first-order valence-electron chi connectivity index (χ1n) is 5.03. The first-order valence-corrected chi connectivity index (χ1v) is 5.03. The third-order valence-corrected chi connectivity index (χ3v) is 2.65. The van der Waals surface area contributed by atoms with E-state index in [0.717, 1.165) is 11.1 Å². The van der Waals surface area contributed by atoms with E-state index in [0.29, 0.717) is 12.1 Å². The zero-order valence-corrected chi connectivity index (χ0v) is 9.23. The van der Waals surface area contributed by atoms with Crippen LogP contribution in [0.4, 0.5) is 0 Å². The quantitative estimate of drug-likeness (QED) is 0.698. The second kappa shape index (κ2) is 3.89. The molecule has 0 atom stereocenters. The largest absolute Gasteiger partial charge is 0.271 e. The number of hydrogen-bond donors (Lipinski definition) is 0. The van der Waals surface area contributed by atoms with Crippen molar-refractivity contribution >= 4 is 11.8 Å². The van der Waals surface area contributed by atoms with E-state index in [1.54, 1.807) is 19.3 Å². The van der Waals surface area contributed by atoms with Crippen LogP contribution in [0, 0.1) is 6.92 Å². The lowest BCUT2D eigenvalue weighted by Gasteiger charge is -2.15. The van der Waals surface area contributed by atoms with Crippen LogP contribution in [0.3, 0.4) is 0 Å². The maximum absolute atomic E-state index is 11.7. The Bertz CT molecular complexity index is 492. The summed E-state index contributed by atoms with van der Waals surface area (Å²) in [6.07, 6.45) is 4.76. The molecule has 4 nitrogen and oxygen atoms in total. The van der Waals surface area contributed by atoms with E-state index >= 15 is 0 Å². The molecule has 0 bridgehead atoms. The Labute approximate surface area is 93.6 Å². The van der Waals surface area contributed by atoms with Gasteiger partial charge in [-0.25, -0.2) is 0 Å². The number of carbonyl (C=O) groups is 2. The molecule has 1 aromatic rings. The van der Waals surface area contributed by atoms with Crippen LogP contribution in [-0.4, -0.2) is 21.7 Å². The molecule has 4 heteroatoms. The van der Waals surface area contributed by atoms with Crippen LogP contribution >= 0.6 is 0 Å². The van der Waals surface area contributed by atoms with Crippen LogP contribution in [0.5, 0.6) is 0 Å². The summed E-state index contributed by atoms with van der Waals surface area (Å²) in [5.41, 5.74) is 2.42. The lowest BCUT2D eigenvalue weighted by atomic mass is 10.1. The van der Waals surface area contributed by atoms with E-state index in [4.69, 9.17) is 0 Å². The molecular formula is C12H12N2O2. The molecule has 0 N–H and O–H groups in total. The maximum Gasteiger partial charge on any atom is 0.256 e. The fraction of sp³-hybridized carbons (Fsp3) is 0.250. The Morgan fingerprint density at radius 2 is 2.06 bits per heavy atom. The lowest BCUT2D eigenvalue weighted by Crippen LogP contribution is -2.30. The molecule has 0 aromatic carbocycles. The van der Waals surface area contributed by atoms with E-state index in [9.17, 15) is 9.59 Å². The predicted molar refractivity (Wildman–Crippen MR) is 58.3 cm³/mol. The number of aryl methyl sites for hydroxylation is 1. The number of carbonyl (C=O) groups excluding carboxylic acids is 2. The van der Waals surface area contributed by atoms with Crippen molar-refractivity contribution in [3.8, 4) is 0 Å². The minimum absolute atomic E-state index is 0.207. The average molecular weight is 216 g/mol. The summed E-state index contributed by atoms with van der Waals surface area (Å²) in [6, 6.07) is 1.82. The van der Waals surface area contributed by atoms with Gasteiger partial charge in [-0.3, -0.25) is 19.5 Å². The van der Waals surface area contributed by atoms with Gasteiger partial charge in [0.15, 0.2) is 0 Å². The van der Waals surface area contributed by atoms with Gasteiger partial charge in [0, 0.05) is 24.0 Å². The number of aromatic nitrogens is 1. The molecule has 82 valence electrons. The van der Waals surface area contributed by atoms with E-state index in [1.165, 1.54) is 11.0 Å². The van der Waals surface area contributed by atoms with Crippen molar-refractivity contribution in [2.45, 2.75) is 20.4 Å². The van der Waals surface area contributed by atoms with Gasteiger partial charge >= 0.3 is 0 Å². The van der Waals surface area contributed by atoms with Gasteiger partial charge in [-0.15, -0.1) is 0 Å². The minimum atomic E-state index is -0.237. The molecule has 0 fully saturated rings. The summed E-state index contributed by atoms with van der Waals surface area (Å²) < 4.78 is 0. The summed E-state index contributed by atoms with van der Waals surface area (Å²) in [4.78, 5) is 28.4. The molecule has 1 aromatic heterocycles. The van der Waals surface area contributed by atoms with Gasteiger partial charge in [-0.05, 0) is 31.0 Å². The molecule has 0 saturated heterocycles. The zero-order valence-electron chi connectivity index (χ0n) is 9.23. The Kier molecular flexibility index (Phi) is 2.56. The minimum Gasteiger partial charge on any atom is -0.271 e. The van der Waals surface area contributed by atoms with Gasteiger partial charge in [-0.1, -0.05) is 0 Å². The molecule has 1 aliphatic rings. The second-order valence-corrected chi connectivity index (χ2v) is 3.86. The van der Waals surface area contributed by atoms with E-state index in [2.05, 4.69) is 4.98 Å². The first kappa shape index (κ1) is 10.5. The molecule has 0 aliphatic carbocycles. The molecule has 0 spiro atoms. The van der Waals surface area contributed by atoms with Gasteiger partial charge in [-0.2, -0.15) is 0 Å². The highest BCUT2D eigenvalue weighted by atomic mass is 16.2. The SMILES string of the molecule is CC1=CC(=O)N(Cc2ccncc2C)C1=O. The fourth-order valence-electron chi connectivity index (χ4n) is 1.64. The number of pyridine rings is 1. The number of imide groups is 1.